The summed E-state index contributed by atoms with van der Waals surface area (Å²) in [5.41, 5.74) is 2.30. The molecule has 0 aromatic carbocycles. The SMILES string of the molecule is CCNC(=NCCN1CCOCC1)NCCc1ccc(C)nc1. The minimum atomic E-state index is 0.807. The standard InChI is InChI=1S/C17H29N5O/c1-3-18-17(20-8-9-22-10-12-23-13-11-22)19-7-6-16-5-4-15(2)21-14-16/h4-5,14H,3,6-13H2,1-2H3,(H2,18,19,20). The minimum absolute atomic E-state index is 0.807. The Balaban J connectivity index is 1.71. The van der Waals surface area contributed by atoms with E-state index in [1.54, 1.807) is 0 Å². The Morgan fingerprint density at radius 3 is 2.83 bits per heavy atom. The third-order valence-corrected chi connectivity index (χ3v) is 3.81. The second kappa shape index (κ2) is 10.2. The van der Waals surface area contributed by atoms with E-state index >= 15 is 0 Å². The summed E-state index contributed by atoms with van der Waals surface area (Å²) >= 11 is 0. The summed E-state index contributed by atoms with van der Waals surface area (Å²) in [4.78, 5) is 11.4. The molecule has 0 amide bonds. The molecule has 0 spiro atoms. The topological polar surface area (TPSA) is 61.8 Å². The van der Waals surface area contributed by atoms with Crippen LogP contribution in [-0.2, 0) is 11.2 Å². The molecule has 1 aliphatic heterocycles. The van der Waals surface area contributed by atoms with Gasteiger partial charge in [-0.2, -0.15) is 0 Å². The van der Waals surface area contributed by atoms with Crippen LogP contribution in [0.4, 0.5) is 0 Å². The van der Waals surface area contributed by atoms with Gasteiger partial charge in [0.25, 0.3) is 0 Å². The van der Waals surface area contributed by atoms with E-state index in [0.717, 1.165) is 70.6 Å². The number of aliphatic imine (C=N–C) groups is 1. The Hall–Kier alpha value is -1.66. The quantitative estimate of drug-likeness (QED) is 0.575. The summed E-state index contributed by atoms with van der Waals surface area (Å²) in [5, 5.41) is 6.69. The van der Waals surface area contributed by atoms with Gasteiger partial charge in [0.05, 0.1) is 19.8 Å². The summed E-state index contributed by atoms with van der Waals surface area (Å²) in [5.74, 6) is 0.890. The van der Waals surface area contributed by atoms with Crippen LogP contribution in [0.3, 0.4) is 0 Å². The van der Waals surface area contributed by atoms with Crippen molar-refractivity contribution < 1.29 is 4.74 Å². The maximum Gasteiger partial charge on any atom is 0.191 e. The van der Waals surface area contributed by atoms with E-state index in [4.69, 9.17) is 4.74 Å². The summed E-state index contributed by atoms with van der Waals surface area (Å²) in [7, 11) is 0. The molecule has 0 aliphatic carbocycles. The van der Waals surface area contributed by atoms with Gasteiger partial charge < -0.3 is 15.4 Å². The first-order valence-electron chi connectivity index (χ1n) is 8.51. The predicted octanol–water partition coefficient (Wildman–Crippen LogP) is 0.820. The van der Waals surface area contributed by atoms with Gasteiger partial charge in [-0.3, -0.25) is 14.9 Å². The van der Waals surface area contributed by atoms with Crippen LogP contribution in [0.5, 0.6) is 0 Å². The monoisotopic (exact) mass is 319 g/mol. The van der Waals surface area contributed by atoms with Crippen molar-refractivity contribution >= 4 is 5.96 Å². The number of aryl methyl sites for hydroxylation is 1. The second-order valence-corrected chi connectivity index (χ2v) is 5.70. The van der Waals surface area contributed by atoms with Crippen molar-refractivity contribution in [3.8, 4) is 0 Å². The van der Waals surface area contributed by atoms with Crippen LogP contribution in [0.25, 0.3) is 0 Å². The number of morpholine rings is 1. The Bertz CT molecular complexity index is 468. The zero-order valence-corrected chi connectivity index (χ0v) is 14.3. The van der Waals surface area contributed by atoms with E-state index < -0.39 is 0 Å². The number of aromatic nitrogens is 1. The molecule has 6 nitrogen and oxygen atoms in total. The van der Waals surface area contributed by atoms with Crippen molar-refractivity contribution in [2.24, 2.45) is 4.99 Å². The van der Waals surface area contributed by atoms with E-state index in [2.05, 4.69) is 44.6 Å². The minimum Gasteiger partial charge on any atom is -0.379 e. The van der Waals surface area contributed by atoms with Crippen molar-refractivity contribution in [1.29, 1.82) is 0 Å². The van der Waals surface area contributed by atoms with Gasteiger partial charge in [-0.25, -0.2) is 0 Å². The Labute approximate surface area is 139 Å². The van der Waals surface area contributed by atoms with Crippen LogP contribution in [0.15, 0.2) is 23.3 Å². The van der Waals surface area contributed by atoms with Gasteiger partial charge in [0, 0.05) is 44.6 Å². The van der Waals surface area contributed by atoms with E-state index in [1.807, 2.05) is 13.1 Å². The highest BCUT2D eigenvalue weighted by atomic mass is 16.5. The molecule has 2 rings (SSSR count). The zero-order valence-electron chi connectivity index (χ0n) is 14.3. The van der Waals surface area contributed by atoms with E-state index in [9.17, 15) is 0 Å². The lowest BCUT2D eigenvalue weighted by Crippen LogP contribution is -2.40. The molecule has 1 fully saturated rings. The number of pyridine rings is 1. The first-order valence-corrected chi connectivity index (χ1v) is 8.51. The van der Waals surface area contributed by atoms with Crippen LogP contribution in [0.2, 0.25) is 0 Å². The Kier molecular flexibility index (Phi) is 7.83. The van der Waals surface area contributed by atoms with Crippen molar-refractivity contribution in [3.05, 3.63) is 29.6 Å². The third kappa shape index (κ3) is 6.97. The molecule has 0 saturated carbocycles. The van der Waals surface area contributed by atoms with Gasteiger partial charge >= 0.3 is 0 Å². The van der Waals surface area contributed by atoms with Gasteiger partial charge in [0.15, 0.2) is 5.96 Å². The lowest BCUT2D eigenvalue weighted by atomic mass is 10.2. The van der Waals surface area contributed by atoms with Gasteiger partial charge in [0.2, 0.25) is 0 Å². The van der Waals surface area contributed by atoms with Crippen LogP contribution < -0.4 is 10.6 Å². The average Bonchev–Trinajstić information content (AvgIpc) is 2.58. The highest BCUT2D eigenvalue weighted by molar-refractivity contribution is 5.79. The first kappa shape index (κ1) is 17.7. The Morgan fingerprint density at radius 2 is 2.13 bits per heavy atom. The maximum atomic E-state index is 5.36. The lowest BCUT2D eigenvalue weighted by Gasteiger charge is -2.25. The molecule has 1 aromatic heterocycles. The fraction of sp³-hybridized carbons (Fsp3) is 0.647. The van der Waals surface area contributed by atoms with Gasteiger partial charge in [-0.05, 0) is 31.9 Å². The number of guanidine groups is 1. The smallest absolute Gasteiger partial charge is 0.191 e. The Morgan fingerprint density at radius 1 is 1.30 bits per heavy atom. The summed E-state index contributed by atoms with van der Waals surface area (Å²) in [6.07, 6.45) is 2.89. The third-order valence-electron chi connectivity index (χ3n) is 3.81. The van der Waals surface area contributed by atoms with Gasteiger partial charge in [-0.15, -0.1) is 0 Å². The molecule has 0 bridgehead atoms. The molecular weight excluding hydrogens is 290 g/mol. The van der Waals surface area contributed by atoms with Gasteiger partial charge in [-0.1, -0.05) is 6.07 Å². The zero-order chi connectivity index (χ0) is 16.3. The number of ether oxygens (including phenoxy) is 1. The number of nitrogens with zero attached hydrogens (tertiary/aromatic N) is 3. The fourth-order valence-electron chi connectivity index (χ4n) is 2.44. The number of hydrogen-bond acceptors (Lipinski definition) is 4. The van der Waals surface area contributed by atoms with E-state index in [1.165, 1.54) is 5.56 Å². The van der Waals surface area contributed by atoms with E-state index in [0.29, 0.717) is 0 Å². The molecule has 1 aromatic rings. The van der Waals surface area contributed by atoms with E-state index in [-0.39, 0.29) is 0 Å². The molecule has 0 unspecified atom stereocenters. The van der Waals surface area contributed by atoms with Crippen molar-refractivity contribution in [1.82, 2.24) is 20.5 Å². The summed E-state index contributed by atoms with van der Waals surface area (Å²) < 4.78 is 5.36. The first-order chi connectivity index (χ1) is 11.3. The maximum absolute atomic E-state index is 5.36. The normalized spacial score (nSPS) is 16.3. The predicted molar refractivity (Wildman–Crippen MR) is 93.9 cm³/mol. The highest BCUT2D eigenvalue weighted by Crippen LogP contribution is 1.99. The van der Waals surface area contributed by atoms with Crippen LogP contribution in [0, 0.1) is 6.92 Å². The molecule has 0 atom stereocenters. The molecule has 128 valence electrons. The molecule has 2 heterocycles. The molecule has 6 heteroatoms. The highest BCUT2D eigenvalue weighted by Gasteiger charge is 2.09. The van der Waals surface area contributed by atoms with Crippen LogP contribution in [0.1, 0.15) is 18.2 Å². The second-order valence-electron chi connectivity index (χ2n) is 5.70. The largest absolute Gasteiger partial charge is 0.379 e. The average molecular weight is 319 g/mol. The van der Waals surface area contributed by atoms with Crippen molar-refractivity contribution in [2.75, 3.05) is 52.5 Å². The fourth-order valence-corrected chi connectivity index (χ4v) is 2.44. The molecule has 1 aliphatic rings. The van der Waals surface area contributed by atoms with Gasteiger partial charge in [0.1, 0.15) is 0 Å². The summed E-state index contributed by atoms with van der Waals surface area (Å²) in [6.45, 7) is 11.3. The molecule has 1 saturated heterocycles. The van der Waals surface area contributed by atoms with Crippen molar-refractivity contribution in [2.45, 2.75) is 20.3 Å². The summed E-state index contributed by atoms with van der Waals surface area (Å²) in [6, 6.07) is 4.18. The number of hydrogen-bond donors (Lipinski definition) is 2. The molecule has 23 heavy (non-hydrogen) atoms. The van der Waals surface area contributed by atoms with Crippen LogP contribution in [-0.4, -0.2) is 68.3 Å². The number of nitrogens with one attached hydrogen (secondary N) is 2. The number of rotatable bonds is 7. The molecule has 2 N–H and O–H groups in total. The molecular formula is C17H29N5O. The lowest BCUT2D eigenvalue weighted by molar-refractivity contribution is 0.0394. The van der Waals surface area contributed by atoms with Crippen molar-refractivity contribution in [3.63, 3.8) is 0 Å². The molecule has 0 radical (unpaired) electrons. The van der Waals surface area contributed by atoms with Crippen LogP contribution >= 0.6 is 0 Å².